The first-order chi connectivity index (χ1) is 8.69. The van der Waals surface area contributed by atoms with Crippen molar-refractivity contribution in [2.45, 2.75) is 20.3 Å². The number of aliphatic carboxylic acids is 1. The van der Waals surface area contributed by atoms with E-state index >= 15 is 0 Å². The summed E-state index contributed by atoms with van der Waals surface area (Å²) in [6, 6.07) is 1.99. The number of carboxylic acid groups (broad SMARTS) is 1. The molecular formula is C13H14F2O4. The van der Waals surface area contributed by atoms with Crippen LogP contribution in [0, 0.1) is 17.0 Å². The van der Waals surface area contributed by atoms with Crippen molar-refractivity contribution in [1.29, 1.82) is 0 Å². The maximum atomic E-state index is 13.4. The molecule has 0 saturated carbocycles. The van der Waals surface area contributed by atoms with Gasteiger partial charge >= 0.3 is 11.9 Å². The second kappa shape index (κ2) is 5.34. The second-order valence-electron chi connectivity index (χ2n) is 4.80. The zero-order chi connectivity index (χ0) is 14.8. The van der Waals surface area contributed by atoms with Crippen molar-refractivity contribution in [2.24, 2.45) is 5.41 Å². The molecule has 0 aliphatic heterocycles. The third-order valence-corrected chi connectivity index (χ3v) is 2.72. The van der Waals surface area contributed by atoms with Gasteiger partial charge in [-0.2, -0.15) is 0 Å². The Kier molecular flexibility index (Phi) is 4.24. The summed E-state index contributed by atoms with van der Waals surface area (Å²) in [7, 11) is 1.05. The smallest absolute Gasteiger partial charge is 0.340 e. The van der Waals surface area contributed by atoms with E-state index in [-0.39, 0.29) is 12.0 Å². The predicted octanol–water partition coefficient (Wildman–Crippen LogP) is 2.40. The molecule has 0 fully saturated rings. The minimum atomic E-state index is -1.30. The predicted molar refractivity (Wildman–Crippen MR) is 62.8 cm³/mol. The van der Waals surface area contributed by atoms with Gasteiger partial charge in [-0.3, -0.25) is 4.79 Å². The molecule has 0 aliphatic carbocycles. The Morgan fingerprint density at radius 2 is 1.89 bits per heavy atom. The van der Waals surface area contributed by atoms with E-state index in [2.05, 4.69) is 4.74 Å². The lowest BCUT2D eigenvalue weighted by molar-refractivity contribution is -0.146. The second-order valence-corrected chi connectivity index (χ2v) is 4.80. The normalized spacial score (nSPS) is 11.2. The number of benzene rings is 1. The van der Waals surface area contributed by atoms with Gasteiger partial charge in [0.15, 0.2) is 11.6 Å². The molecule has 0 aromatic heterocycles. The van der Waals surface area contributed by atoms with Crippen LogP contribution in [0.25, 0.3) is 0 Å². The Hall–Kier alpha value is -1.98. The topological polar surface area (TPSA) is 63.6 Å². The average molecular weight is 272 g/mol. The third-order valence-electron chi connectivity index (χ3n) is 2.72. The number of ether oxygens (including phenoxy) is 1. The maximum Gasteiger partial charge on any atom is 0.340 e. The molecule has 19 heavy (non-hydrogen) atoms. The molecule has 0 atom stereocenters. The molecule has 104 valence electrons. The van der Waals surface area contributed by atoms with Gasteiger partial charge in [0.25, 0.3) is 0 Å². The molecule has 1 aromatic rings. The molecule has 0 aliphatic rings. The Labute approximate surface area is 109 Å². The van der Waals surface area contributed by atoms with E-state index in [0.717, 1.165) is 19.2 Å². The number of rotatable bonds is 4. The van der Waals surface area contributed by atoms with E-state index < -0.39 is 34.6 Å². The van der Waals surface area contributed by atoms with Gasteiger partial charge in [-0.15, -0.1) is 0 Å². The highest BCUT2D eigenvalue weighted by molar-refractivity contribution is 5.90. The zero-order valence-corrected chi connectivity index (χ0v) is 10.8. The van der Waals surface area contributed by atoms with E-state index in [1.165, 1.54) is 13.8 Å². The van der Waals surface area contributed by atoms with Crippen molar-refractivity contribution in [2.75, 3.05) is 7.11 Å². The van der Waals surface area contributed by atoms with E-state index in [9.17, 15) is 18.4 Å². The lowest BCUT2D eigenvalue weighted by Gasteiger charge is -2.19. The molecule has 0 spiro atoms. The first kappa shape index (κ1) is 15.1. The highest BCUT2D eigenvalue weighted by atomic mass is 19.2. The Morgan fingerprint density at radius 3 is 2.37 bits per heavy atom. The minimum absolute atomic E-state index is 0.0382. The number of carbonyl (C=O) groups is 2. The molecule has 0 unspecified atom stereocenters. The summed E-state index contributed by atoms with van der Waals surface area (Å²) < 4.78 is 31.1. The quantitative estimate of drug-likeness (QED) is 0.855. The Bertz CT molecular complexity index is 524. The molecule has 0 amide bonds. The van der Waals surface area contributed by atoms with Gasteiger partial charge in [-0.05, 0) is 38.0 Å². The van der Waals surface area contributed by atoms with Crippen molar-refractivity contribution in [3.63, 3.8) is 0 Å². The van der Waals surface area contributed by atoms with Gasteiger partial charge in [-0.25, -0.2) is 13.6 Å². The van der Waals surface area contributed by atoms with Crippen LogP contribution in [-0.4, -0.2) is 24.2 Å². The minimum Gasteiger partial charge on any atom is -0.481 e. The number of carboxylic acids is 1. The van der Waals surface area contributed by atoms with Crippen LogP contribution in [0.1, 0.15) is 29.8 Å². The van der Waals surface area contributed by atoms with Crippen LogP contribution < -0.4 is 0 Å². The molecular weight excluding hydrogens is 258 g/mol. The SMILES string of the molecule is COC(=O)c1cc(CC(C)(C)C(=O)O)cc(F)c1F. The first-order valence-corrected chi connectivity index (χ1v) is 5.48. The van der Waals surface area contributed by atoms with Crippen LogP contribution in [0.2, 0.25) is 0 Å². The number of esters is 1. The number of methoxy groups -OCH3 is 1. The fourth-order valence-electron chi connectivity index (χ4n) is 1.59. The number of hydrogen-bond donors (Lipinski definition) is 1. The highest BCUT2D eigenvalue weighted by Crippen LogP contribution is 2.25. The van der Waals surface area contributed by atoms with Crippen molar-refractivity contribution in [1.82, 2.24) is 0 Å². The van der Waals surface area contributed by atoms with Gasteiger partial charge in [0.1, 0.15) is 0 Å². The van der Waals surface area contributed by atoms with Crippen LogP contribution in [0.15, 0.2) is 12.1 Å². The standard InChI is InChI=1S/C13H14F2O4/c1-13(2,12(17)18)6-7-4-8(11(16)19-3)10(15)9(14)5-7/h4-5H,6H2,1-3H3,(H,17,18). The summed E-state index contributed by atoms with van der Waals surface area (Å²) in [5, 5.41) is 8.99. The molecule has 1 aromatic carbocycles. The fourth-order valence-corrected chi connectivity index (χ4v) is 1.59. The number of halogens is 2. The van der Waals surface area contributed by atoms with Crippen LogP contribution in [0.4, 0.5) is 8.78 Å². The van der Waals surface area contributed by atoms with Crippen LogP contribution in [0.5, 0.6) is 0 Å². The van der Waals surface area contributed by atoms with Crippen LogP contribution >= 0.6 is 0 Å². The molecule has 0 heterocycles. The Balaban J connectivity index is 3.21. The van der Waals surface area contributed by atoms with E-state index in [0.29, 0.717) is 0 Å². The highest BCUT2D eigenvalue weighted by Gasteiger charge is 2.29. The van der Waals surface area contributed by atoms with Crippen LogP contribution in [0.3, 0.4) is 0 Å². The van der Waals surface area contributed by atoms with Crippen molar-refractivity contribution < 1.29 is 28.2 Å². The summed E-state index contributed by atoms with van der Waals surface area (Å²) in [6.07, 6.45) is -0.0382. The van der Waals surface area contributed by atoms with Crippen molar-refractivity contribution in [3.8, 4) is 0 Å². The first-order valence-electron chi connectivity index (χ1n) is 5.48. The van der Waals surface area contributed by atoms with Gasteiger partial charge < -0.3 is 9.84 Å². The Morgan fingerprint density at radius 1 is 1.32 bits per heavy atom. The number of hydrogen-bond acceptors (Lipinski definition) is 3. The van der Waals surface area contributed by atoms with Crippen molar-refractivity contribution in [3.05, 3.63) is 34.9 Å². The van der Waals surface area contributed by atoms with Gasteiger partial charge in [0, 0.05) is 0 Å². The van der Waals surface area contributed by atoms with Crippen molar-refractivity contribution >= 4 is 11.9 Å². The van der Waals surface area contributed by atoms with Gasteiger partial charge in [-0.1, -0.05) is 0 Å². The molecule has 1 rings (SSSR count). The fraction of sp³-hybridized carbons (Fsp3) is 0.385. The summed E-state index contributed by atoms with van der Waals surface area (Å²) in [6.45, 7) is 2.91. The summed E-state index contributed by atoms with van der Waals surface area (Å²) in [5.41, 5.74) is -1.48. The monoisotopic (exact) mass is 272 g/mol. The third kappa shape index (κ3) is 3.27. The summed E-state index contributed by atoms with van der Waals surface area (Å²) in [4.78, 5) is 22.3. The van der Waals surface area contributed by atoms with E-state index in [1.807, 2.05) is 0 Å². The lowest BCUT2D eigenvalue weighted by Crippen LogP contribution is -2.26. The largest absolute Gasteiger partial charge is 0.481 e. The maximum absolute atomic E-state index is 13.4. The molecule has 0 radical (unpaired) electrons. The lowest BCUT2D eigenvalue weighted by atomic mass is 9.85. The molecule has 0 bridgehead atoms. The molecule has 1 N–H and O–H groups in total. The molecule has 6 heteroatoms. The van der Waals surface area contributed by atoms with Crippen LogP contribution in [-0.2, 0) is 16.0 Å². The average Bonchev–Trinajstić information content (AvgIpc) is 2.31. The molecule has 0 saturated heterocycles. The van der Waals surface area contributed by atoms with Gasteiger partial charge in [0.2, 0.25) is 0 Å². The zero-order valence-electron chi connectivity index (χ0n) is 10.8. The molecule has 4 nitrogen and oxygen atoms in total. The van der Waals surface area contributed by atoms with E-state index in [1.54, 1.807) is 0 Å². The summed E-state index contributed by atoms with van der Waals surface area (Å²) in [5.74, 6) is -4.59. The number of carbonyl (C=O) groups excluding carboxylic acids is 1. The summed E-state index contributed by atoms with van der Waals surface area (Å²) >= 11 is 0. The van der Waals surface area contributed by atoms with E-state index in [4.69, 9.17) is 5.11 Å². The van der Waals surface area contributed by atoms with Gasteiger partial charge in [0.05, 0.1) is 18.1 Å².